The Morgan fingerprint density at radius 1 is 1.30 bits per heavy atom. The minimum absolute atomic E-state index is 0.0171. The summed E-state index contributed by atoms with van der Waals surface area (Å²) in [6, 6.07) is 4.38. The average Bonchev–Trinajstić information content (AvgIpc) is 2.59. The van der Waals surface area contributed by atoms with Crippen LogP contribution in [0.2, 0.25) is 0 Å². The third-order valence-corrected chi connectivity index (χ3v) is 4.66. The molecule has 1 aliphatic heterocycles. The Hall–Kier alpha value is -2.09. The van der Waals surface area contributed by atoms with Gasteiger partial charge >= 0.3 is 5.97 Å². The summed E-state index contributed by atoms with van der Waals surface area (Å²) in [6.45, 7) is 1.37. The number of ether oxygens (including phenoxy) is 1. The van der Waals surface area contributed by atoms with E-state index in [1.807, 2.05) is 0 Å². The summed E-state index contributed by atoms with van der Waals surface area (Å²) in [4.78, 5) is 36.4. The molecule has 0 N–H and O–H groups in total. The van der Waals surface area contributed by atoms with E-state index < -0.39 is 10.9 Å². The maximum absolute atomic E-state index is 12.4. The van der Waals surface area contributed by atoms with Crippen LogP contribution in [-0.2, 0) is 9.53 Å². The third kappa shape index (κ3) is 4.44. The fraction of sp³-hybridized carbons (Fsp3) is 0.467. The summed E-state index contributed by atoms with van der Waals surface area (Å²) >= 11 is 1.02. The molecule has 1 fully saturated rings. The summed E-state index contributed by atoms with van der Waals surface area (Å²) in [5, 5.41) is 11.2. The molecular formula is C15H18N2O5S. The number of hydrogen-bond acceptors (Lipinski definition) is 6. The largest absolute Gasteiger partial charge is 0.468 e. The summed E-state index contributed by atoms with van der Waals surface area (Å²) in [6.07, 6.45) is 3.02. The molecule has 0 bridgehead atoms. The second-order valence-corrected chi connectivity index (χ2v) is 6.17. The summed E-state index contributed by atoms with van der Waals surface area (Å²) < 4.78 is 4.52. The van der Waals surface area contributed by atoms with Crippen LogP contribution >= 0.6 is 11.8 Å². The van der Waals surface area contributed by atoms with Crippen LogP contribution in [0.5, 0.6) is 0 Å². The van der Waals surface area contributed by atoms with Crippen molar-refractivity contribution < 1.29 is 19.2 Å². The molecule has 8 heteroatoms. The van der Waals surface area contributed by atoms with Gasteiger partial charge in [0.05, 0.1) is 22.7 Å². The lowest BCUT2D eigenvalue weighted by molar-refractivity contribution is -0.387. The zero-order valence-corrected chi connectivity index (χ0v) is 13.6. The molecule has 0 saturated carbocycles. The number of esters is 1. The first kappa shape index (κ1) is 17.3. The molecule has 0 aliphatic carbocycles. The van der Waals surface area contributed by atoms with Crippen LogP contribution in [0.3, 0.4) is 0 Å². The number of piperidine rings is 1. The van der Waals surface area contributed by atoms with Crippen LogP contribution in [0.15, 0.2) is 23.1 Å². The lowest BCUT2D eigenvalue weighted by atomic mass is 10.1. The predicted octanol–water partition coefficient (Wildman–Crippen LogP) is 2.49. The number of thioether (sulfide) groups is 1. The topological polar surface area (TPSA) is 89.8 Å². The molecule has 23 heavy (non-hydrogen) atoms. The van der Waals surface area contributed by atoms with Crippen LogP contribution in [-0.4, -0.2) is 47.7 Å². The fourth-order valence-electron chi connectivity index (χ4n) is 2.39. The first-order chi connectivity index (χ1) is 11.0. The normalized spacial score (nSPS) is 14.4. The number of amides is 1. The second kappa shape index (κ2) is 7.96. The van der Waals surface area contributed by atoms with Crippen LogP contribution in [0.1, 0.15) is 29.6 Å². The highest BCUT2D eigenvalue weighted by Gasteiger charge is 2.23. The van der Waals surface area contributed by atoms with Gasteiger partial charge in [-0.1, -0.05) is 0 Å². The van der Waals surface area contributed by atoms with Gasteiger partial charge in [-0.05, 0) is 31.4 Å². The Kier molecular flexibility index (Phi) is 5.97. The Balaban J connectivity index is 2.19. The first-order valence-electron chi connectivity index (χ1n) is 7.30. The van der Waals surface area contributed by atoms with Gasteiger partial charge in [-0.15, -0.1) is 11.8 Å². The van der Waals surface area contributed by atoms with Crippen molar-refractivity contribution in [3.63, 3.8) is 0 Å². The highest BCUT2D eigenvalue weighted by Crippen LogP contribution is 2.30. The maximum Gasteiger partial charge on any atom is 0.315 e. The molecule has 124 valence electrons. The van der Waals surface area contributed by atoms with E-state index in [4.69, 9.17) is 0 Å². The smallest absolute Gasteiger partial charge is 0.315 e. The maximum atomic E-state index is 12.4. The van der Waals surface area contributed by atoms with Crippen molar-refractivity contribution in [2.24, 2.45) is 0 Å². The van der Waals surface area contributed by atoms with E-state index in [0.29, 0.717) is 23.5 Å². The van der Waals surface area contributed by atoms with Gasteiger partial charge in [-0.25, -0.2) is 0 Å². The minimum Gasteiger partial charge on any atom is -0.468 e. The van der Waals surface area contributed by atoms with E-state index >= 15 is 0 Å². The van der Waals surface area contributed by atoms with E-state index in [-0.39, 0.29) is 17.3 Å². The zero-order chi connectivity index (χ0) is 16.8. The number of carbonyl (C=O) groups is 2. The Morgan fingerprint density at radius 2 is 2.00 bits per heavy atom. The monoisotopic (exact) mass is 338 g/mol. The standard InChI is InChI=1S/C15H18N2O5S/c1-22-14(18)10-23-13-6-5-11(9-12(13)17(20)21)15(19)16-7-3-2-4-8-16/h5-6,9H,2-4,7-8,10H2,1H3. The molecule has 1 amide bonds. The molecule has 1 aromatic rings. The third-order valence-electron chi connectivity index (χ3n) is 3.62. The van der Waals surface area contributed by atoms with Crippen molar-refractivity contribution in [3.8, 4) is 0 Å². The number of likely N-dealkylation sites (tertiary alicyclic amines) is 1. The average molecular weight is 338 g/mol. The van der Waals surface area contributed by atoms with Crippen LogP contribution < -0.4 is 0 Å². The van der Waals surface area contributed by atoms with Gasteiger partial charge < -0.3 is 9.64 Å². The van der Waals surface area contributed by atoms with Gasteiger partial charge in [-0.2, -0.15) is 0 Å². The molecule has 1 saturated heterocycles. The van der Waals surface area contributed by atoms with Gasteiger partial charge in [0.2, 0.25) is 0 Å². The molecule has 0 aromatic heterocycles. The number of benzene rings is 1. The summed E-state index contributed by atoms with van der Waals surface area (Å²) in [7, 11) is 1.26. The van der Waals surface area contributed by atoms with Crippen molar-refractivity contribution in [1.82, 2.24) is 4.90 Å². The molecule has 1 heterocycles. The number of rotatable bonds is 5. The highest BCUT2D eigenvalue weighted by molar-refractivity contribution is 8.00. The number of nitro groups is 1. The number of nitro benzene ring substituents is 1. The molecule has 0 spiro atoms. The molecule has 0 atom stereocenters. The molecule has 0 radical (unpaired) electrons. The zero-order valence-electron chi connectivity index (χ0n) is 12.8. The van der Waals surface area contributed by atoms with Crippen molar-refractivity contribution in [2.75, 3.05) is 26.0 Å². The van der Waals surface area contributed by atoms with Gasteiger partial charge in [-0.3, -0.25) is 19.7 Å². The lowest BCUT2D eigenvalue weighted by Gasteiger charge is -2.26. The lowest BCUT2D eigenvalue weighted by Crippen LogP contribution is -2.35. The van der Waals surface area contributed by atoms with Gasteiger partial charge in [0.25, 0.3) is 11.6 Å². The Labute approximate surface area is 138 Å². The number of carbonyl (C=O) groups excluding carboxylic acids is 2. The van der Waals surface area contributed by atoms with Gasteiger partial charge in [0, 0.05) is 24.7 Å². The number of methoxy groups -OCH3 is 1. The number of nitrogens with zero attached hydrogens (tertiary/aromatic N) is 2. The quantitative estimate of drug-likeness (QED) is 0.355. The highest BCUT2D eigenvalue weighted by atomic mass is 32.2. The van der Waals surface area contributed by atoms with Crippen LogP contribution in [0, 0.1) is 10.1 Å². The van der Waals surface area contributed by atoms with Crippen LogP contribution in [0.4, 0.5) is 5.69 Å². The van der Waals surface area contributed by atoms with E-state index in [1.54, 1.807) is 11.0 Å². The fourth-order valence-corrected chi connectivity index (χ4v) is 3.23. The summed E-state index contributed by atoms with van der Waals surface area (Å²) in [5.74, 6) is -0.661. The van der Waals surface area contributed by atoms with Gasteiger partial charge in [0.1, 0.15) is 0 Å². The van der Waals surface area contributed by atoms with Gasteiger partial charge in [0.15, 0.2) is 0 Å². The van der Waals surface area contributed by atoms with Crippen molar-refractivity contribution in [3.05, 3.63) is 33.9 Å². The van der Waals surface area contributed by atoms with E-state index in [9.17, 15) is 19.7 Å². The minimum atomic E-state index is -0.535. The van der Waals surface area contributed by atoms with Crippen LogP contribution in [0.25, 0.3) is 0 Å². The van der Waals surface area contributed by atoms with Crippen molar-refractivity contribution in [1.29, 1.82) is 0 Å². The van der Waals surface area contributed by atoms with Crippen molar-refractivity contribution in [2.45, 2.75) is 24.2 Å². The molecule has 7 nitrogen and oxygen atoms in total. The molecular weight excluding hydrogens is 320 g/mol. The SMILES string of the molecule is COC(=O)CSc1ccc(C(=O)N2CCCCC2)cc1[N+](=O)[O-]. The summed E-state index contributed by atoms with van der Waals surface area (Å²) in [5.41, 5.74) is 0.141. The second-order valence-electron chi connectivity index (χ2n) is 5.16. The molecule has 2 rings (SSSR count). The molecule has 0 unspecified atom stereocenters. The Morgan fingerprint density at radius 3 is 2.61 bits per heavy atom. The predicted molar refractivity (Wildman–Crippen MR) is 85.6 cm³/mol. The number of hydrogen-bond donors (Lipinski definition) is 0. The van der Waals surface area contributed by atoms with E-state index in [1.165, 1.54) is 19.2 Å². The molecule has 1 aromatic carbocycles. The molecule has 1 aliphatic rings. The van der Waals surface area contributed by atoms with Crippen molar-refractivity contribution >= 4 is 29.3 Å². The Bertz CT molecular complexity index is 614. The van der Waals surface area contributed by atoms with E-state index in [2.05, 4.69) is 4.74 Å². The van der Waals surface area contributed by atoms with E-state index in [0.717, 1.165) is 31.0 Å². The first-order valence-corrected chi connectivity index (χ1v) is 8.29.